The van der Waals surface area contributed by atoms with Crippen molar-refractivity contribution >= 4 is 28.9 Å². The summed E-state index contributed by atoms with van der Waals surface area (Å²) in [6.45, 7) is 8.58. The number of nitrogens with one attached hydrogen (secondary N) is 1. The van der Waals surface area contributed by atoms with Gasteiger partial charge in [0.25, 0.3) is 5.91 Å². The lowest BCUT2D eigenvalue weighted by molar-refractivity contribution is 0.102. The molecule has 0 aliphatic rings. The molecule has 0 bridgehead atoms. The number of anilines is 1. The van der Waals surface area contributed by atoms with Crippen LogP contribution in [0.4, 0.5) is 5.69 Å². The molecule has 4 nitrogen and oxygen atoms in total. The highest BCUT2D eigenvalue weighted by Crippen LogP contribution is 2.33. The monoisotopic (exact) mass is 367 g/mol. The summed E-state index contributed by atoms with van der Waals surface area (Å²) in [4.78, 5) is 17.7. The van der Waals surface area contributed by atoms with Gasteiger partial charge in [-0.1, -0.05) is 63.7 Å². The maximum Gasteiger partial charge on any atom is 0.276 e. The van der Waals surface area contributed by atoms with Crippen LogP contribution in [-0.4, -0.2) is 21.5 Å². The minimum Gasteiger partial charge on any atom is -0.320 e. The smallest absolute Gasteiger partial charge is 0.276 e. The third kappa shape index (κ3) is 3.36. The standard InChI is InChI=1S/C21H25N3OS/c1-13(2)15-9-8-10-16(14(3)4)18(15)22-20(25)19-17-11-6-7-12-24(17)21(23-19)26-5/h6-14H,1-5H3,(H,22,25). The van der Waals surface area contributed by atoms with E-state index in [9.17, 15) is 4.79 Å². The quantitative estimate of drug-likeness (QED) is 0.601. The fraction of sp³-hybridized carbons (Fsp3) is 0.333. The van der Waals surface area contributed by atoms with Crippen LogP contribution in [0, 0.1) is 0 Å². The first-order chi connectivity index (χ1) is 12.4. The van der Waals surface area contributed by atoms with E-state index in [-0.39, 0.29) is 5.91 Å². The van der Waals surface area contributed by atoms with Crippen LogP contribution in [-0.2, 0) is 0 Å². The molecule has 0 spiro atoms. The Morgan fingerprint density at radius 1 is 1.04 bits per heavy atom. The predicted molar refractivity (Wildman–Crippen MR) is 110 cm³/mol. The molecule has 0 saturated heterocycles. The average molecular weight is 368 g/mol. The molecule has 0 aliphatic heterocycles. The molecule has 1 N–H and O–H groups in total. The van der Waals surface area contributed by atoms with Gasteiger partial charge >= 0.3 is 0 Å². The SMILES string of the molecule is CSc1nc(C(=O)Nc2c(C(C)C)cccc2C(C)C)c2ccccn12. The van der Waals surface area contributed by atoms with Gasteiger partial charge in [0.05, 0.1) is 5.52 Å². The highest BCUT2D eigenvalue weighted by atomic mass is 32.2. The zero-order valence-corrected chi connectivity index (χ0v) is 16.7. The van der Waals surface area contributed by atoms with Crippen molar-refractivity contribution in [2.24, 2.45) is 0 Å². The number of rotatable bonds is 5. The molecule has 0 saturated carbocycles. The summed E-state index contributed by atoms with van der Waals surface area (Å²) in [5, 5.41) is 3.98. The number of imidazole rings is 1. The first-order valence-electron chi connectivity index (χ1n) is 8.89. The van der Waals surface area contributed by atoms with Gasteiger partial charge in [-0.05, 0) is 41.4 Å². The van der Waals surface area contributed by atoms with Gasteiger partial charge in [-0.25, -0.2) is 4.98 Å². The number of hydrogen-bond acceptors (Lipinski definition) is 3. The number of fused-ring (bicyclic) bond motifs is 1. The molecule has 0 unspecified atom stereocenters. The predicted octanol–water partition coefficient (Wildman–Crippen LogP) is 5.56. The molecule has 26 heavy (non-hydrogen) atoms. The Bertz CT molecular complexity index is 917. The first-order valence-corrected chi connectivity index (χ1v) is 10.1. The van der Waals surface area contributed by atoms with Crippen molar-refractivity contribution < 1.29 is 4.79 Å². The van der Waals surface area contributed by atoms with Crippen LogP contribution in [0.3, 0.4) is 0 Å². The molecule has 1 amide bonds. The van der Waals surface area contributed by atoms with Gasteiger partial charge in [0.15, 0.2) is 10.9 Å². The molecule has 3 rings (SSSR count). The van der Waals surface area contributed by atoms with Gasteiger partial charge in [-0.15, -0.1) is 0 Å². The van der Waals surface area contributed by atoms with Crippen LogP contribution < -0.4 is 5.32 Å². The van der Waals surface area contributed by atoms with Crippen molar-refractivity contribution in [3.8, 4) is 0 Å². The van der Waals surface area contributed by atoms with Crippen LogP contribution in [0.2, 0.25) is 0 Å². The van der Waals surface area contributed by atoms with E-state index in [1.54, 1.807) is 0 Å². The highest BCUT2D eigenvalue weighted by Gasteiger charge is 2.21. The van der Waals surface area contributed by atoms with Gasteiger partial charge in [0, 0.05) is 11.9 Å². The maximum absolute atomic E-state index is 13.1. The van der Waals surface area contributed by atoms with Crippen molar-refractivity contribution in [3.63, 3.8) is 0 Å². The number of para-hydroxylation sites is 1. The van der Waals surface area contributed by atoms with E-state index in [0.717, 1.165) is 27.5 Å². The molecule has 5 heteroatoms. The van der Waals surface area contributed by atoms with Crippen molar-refractivity contribution in [3.05, 3.63) is 59.4 Å². The lowest BCUT2D eigenvalue weighted by Gasteiger charge is -2.19. The summed E-state index contributed by atoms with van der Waals surface area (Å²) in [5.41, 5.74) is 4.51. The normalized spacial score (nSPS) is 11.5. The number of pyridine rings is 1. The fourth-order valence-corrected chi connectivity index (χ4v) is 3.73. The Hall–Kier alpha value is -2.27. The highest BCUT2D eigenvalue weighted by molar-refractivity contribution is 7.98. The third-order valence-corrected chi connectivity index (χ3v) is 5.18. The number of carbonyl (C=O) groups is 1. The fourth-order valence-electron chi connectivity index (χ4n) is 3.19. The van der Waals surface area contributed by atoms with Gasteiger partial charge in [-0.3, -0.25) is 9.20 Å². The number of carbonyl (C=O) groups excluding carboxylic acids is 1. The second-order valence-electron chi connectivity index (χ2n) is 6.98. The Kier molecular flexibility index (Phi) is 5.37. The Balaban J connectivity index is 2.07. The number of nitrogens with zero attached hydrogens (tertiary/aromatic N) is 2. The largest absolute Gasteiger partial charge is 0.320 e. The topological polar surface area (TPSA) is 46.4 Å². The summed E-state index contributed by atoms with van der Waals surface area (Å²) in [5.74, 6) is 0.484. The van der Waals surface area contributed by atoms with Crippen molar-refractivity contribution in [1.29, 1.82) is 0 Å². The van der Waals surface area contributed by atoms with Gasteiger partial charge in [-0.2, -0.15) is 0 Å². The van der Waals surface area contributed by atoms with Crippen LogP contribution in [0.25, 0.3) is 5.52 Å². The summed E-state index contributed by atoms with van der Waals surface area (Å²) in [7, 11) is 0. The van der Waals surface area contributed by atoms with E-state index in [0.29, 0.717) is 17.5 Å². The molecule has 136 valence electrons. The summed E-state index contributed by atoms with van der Waals surface area (Å²) in [6.07, 6.45) is 3.90. The third-order valence-electron chi connectivity index (χ3n) is 4.53. The average Bonchev–Trinajstić information content (AvgIpc) is 3.00. The number of benzene rings is 1. The molecule has 0 fully saturated rings. The lowest BCUT2D eigenvalue weighted by Crippen LogP contribution is -2.16. The second kappa shape index (κ2) is 7.54. The van der Waals surface area contributed by atoms with Crippen LogP contribution in [0.5, 0.6) is 0 Å². The summed E-state index contributed by atoms with van der Waals surface area (Å²) in [6, 6.07) is 12.0. The van der Waals surface area contributed by atoms with Crippen molar-refractivity contribution in [2.75, 3.05) is 11.6 Å². The van der Waals surface area contributed by atoms with Crippen molar-refractivity contribution in [2.45, 2.75) is 44.7 Å². The number of aromatic nitrogens is 2. The van der Waals surface area contributed by atoms with E-state index < -0.39 is 0 Å². The molecule has 3 aromatic rings. The lowest BCUT2D eigenvalue weighted by atomic mass is 9.92. The minimum atomic E-state index is -0.163. The van der Waals surface area contributed by atoms with Crippen LogP contribution >= 0.6 is 11.8 Å². The summed E-state index contributed by atoms with van der Waals surface area (Å²) >= 11 is 1.53. The number of amides is 1. The Morgan fingerprint density at radius 3 is 2.27 bits per heavy atom. The van der Waals surface area contributed by atoms with Crippen LogP contribution in [0.15, 0.2) is 47.8 Å². The van der Waals surface area contributed by atoms with Gasteiger partial charge < -0.3 is 5.32 Å². The van der Waals surface area contributed by atoms with E-state index in [1.807, 2.05) is 35.1 Å². The Labute approximate surface area is 159 Å². The molecule has 0 radical (unpaired) electrons. The second-order valence-corrected chi connectivity index (χ2v) is 7.75. The van der Waals surface area contributed by atoms with Gasteiger partial charge in [0.1, 0.15) is 0 Å². The van der Waals surface area contributed by atoms with Crippen molar-refractivity contribution in [1.82, 2.24) is 9.38 Å². The number of hydrogen-bond donors (Lipinski definition) is 1. The molecular formula is C21H25N3OS. The summed E-state index contributed by atoms with van der Waals surface area (Å²) < 4.78 is 1.96. The molecular weight excluding hydrogens is 342 g/mol. The van der Waals surface area contributed by atoms with Crippen LogP contribution in [0.1, 0.15) is 61.1 Å². The minimum absolute atomic E-state index is 0.163. The van der Waals surface area contributed by atoms with E-state index in [1.165, 1.54) is 11.8 Å². The molecule has 2 aromatic heterocycles. The zero-order chi connectivity index (χ0) is 18.8. The number of thioether (sulfide) groups is 1. The van der Waals surface area contributed by atoms with Gasteiger partial charge in [0.2, 0.25) is 0 Å². The van der Waals surface area contributed by atoms with E-state index >= 15 is 0 Å². The molecule has 0 atom stereocenters. The molecule has 0 aliphatic carbocycles. The molecule has 1 aromatic carbocycles. The Morgan fingerprint density at radius 2 is 1.69 bits per heavy atom. The maximum atomic E-state index is 13.1. The van der Waals surface area contributed by atoms with E-state index in [4.69, 9.17) is 0 Å². The first kappa shape index (κ1) is 18.5. The molecule has 2 heterocycles. The van der Waals surface area contributed by atoms with E-state index in [2.05, 4.69) is 56.2 Å². The zero-order valence-electron chi connectivity index (χ0n) is 15.9.